The summed E-state index contributed by atoms with van der Waals surface area (Å²) in [5.41, 5.74) is -0.898. The zero-order chi connectivity index (χ0) is 16.2. The van der Waals surface area contributed by atoms with Crippen LogP contribution in [0.4, 0.5) is 13.2 Å². The van der Waals surface area contributed by atoms with Crippen LogP contribution in [0.15, 0.2) is 5.38 Å². The van der Waals surface area contributed by atoms with Crippen LogP contribution in [-0.4, -0.2) is 24.0 Å². The van der Waals surface area contributed by atoms with Crippen molar-refractivity contribution in [2.45, 2.75) is 38.9 Å². The van der Waals surface area contributed by atoms with Crippen LogP contribution in [0, 0.1) is 11.8 Å². The number of nitrogens with one attached hydrogen (secondary N) is 2. The fraction of sp³-hybridized carbons (Fsp3) is 0.714. The third-order valence-corrected chi connectivity index (χ3v) is 4.82. The van der Waals surface area contributed by atoms with Gasteiger partial charge in [0.05, 0.1) is 6.54 Å². The van der Waals surface area contributed by atoms with Gasteiger partial charge in [-0.15, -0.1) is 11.3 Å². The largest absolute Gasteiger partial charge is 0.434 e. The second kappa shape index (κ2) is 7.41. The molecule has 1 aliphatic heterocycles. The lowest BCUT2D eigenvalue weighted by Crippen LogP contribution is -2.33. The number of carbonyl (C=O) groups excluding carboxylic acids is 1. The fourth-order valence-electron chi connectivity index (χ4n) is 2.64. The van der Waals surface area contributed by atoms with E-state index in [0.29, 0.717) is 12.3 Å². The van der Waals surface area contributed by atoms with Crippen molar-refractivity contribution in [1.29, 1.82) is 0 Å². The molecule has 1 saturated heterocycles. The van der Waals surface area contributed by atoms with Gasteiger partial charge in [0.1, 0.15) is 5.01 Å². The Morgan fingerprint density at radius 2 is 2.18 bits per heavy atom. The van der Waals surface area contributed by atoms with Gasteiger partial charge in [0.25, 0.3) is 0 Å². The minimum absolute atomic E-state index is 0.0541. The molecule has 0 bridgehead atoms. The highest BCUT2D eigenvalue weighted by atomic mass is 32.1. The van der Waals surface area contributed by atoms with Gasteiger partial charge in [0.15, 0.2) is 5.69 Å². The van der Waals surface area contributed by atoms with Gasteiger partial charge < -0.3 is 10.6 Å². The molecule has 2 N–H and O–H groups in total. The lowest BCUT2D eigenvalue weighted by atomic mass is 9.84. The summed E-state index contributed by atoms with van der Waals surface area (Å²) in [7, 11) is 0. The summed E-state index contributed by atoms with van der Waals surface area (Å²) in [6, 6.07) is 0. The predicted octanol–water partition coefficient (Wildman–Crippen LogP) is 2.80. The first-order valence-electron chi connectivity index (χ1n) is 7.35. The molecule has 1 aromatic rings. The summed E-state index contributed by atoms with van der Waals surface area (Å²) in [6.45, 7) is 4.07. The SMILES string of the molecule is CC(CC(=O)NCc1nc(C(F)(F)F)cs1)C1CCNCC1. The quantitative estimate of drug-likeness (QED) is 0.870. The molecule has 0 aliphatic carbocycles. The molecule has 1 fully saturated rings. The van der Waals surface area contributed by atoms with E-state index < -0.39 is 11.9 Å². The average molecular weight is 335 g/mol. The molecule has 124 valence electrons. The van der Waals surface area contributed by atoms with Crippen molar-refractivity contribution in [2.24, 2.45) is 11.8 Å². The third-order valence-electron chi connectivity index (χ3n) is 3.97. The Morgan fingerprint density at radius 1 is 1.50 bits per heavy atom. The Hall–Kier alpha value is -1.15. The Bertz CT molecular complexity index is 498. The minimum Gasteiger partial charge on any atom is -0.350 e. The van der Waals surface area contributed by atoms with E-state index in [4.69, 9.17) is 0 Å². The number of halogens is 3. The number of amides is 1. The van der Waals surface area contributed by atoms with E-state index in [0.717, 1.165) is 42.6 Å². The van der Waals surface area contributed by atoms with Crippen LogP contribution in [0.1, 0.15) is 36.9 Å². The van der Waals surface area contributed by atoms with Crippen LogP contribution in [0.25, 0.3) is 0 Å². The highest BCUT2D eigenvalue weighted by Gasteiger charge is 2.33. The molecule has 4 nitrogen and oxygen atoms in total. The Morgan fingerprint density at radius 3 is 2.77 bits per heavy atom. The van der Waals surface area contributed by atoms with Crippen molar-refractivity contribution in [2.75, 3.05) is 13.1 Å². The lowest BCUT2D eigenvalue weighted by molar-refractivity contribution is -0.140. The standard InChI is InChI=1S/C14H20F3N3OS/c1-9(10-2-4-18-5-3-10)6-12(21)19-7-13-20-11(8-22-13)14(15,16)17/h8-10,18H,2-7H2,1H3,(H,19,21). The number of alkyl halides is 3. The fourth-order valence-corrected chi connectivity index (χ4v) is 3.38. The van der Waals surface area contributed by atoms with Crippen LogP contribution < -0.4 is 10.6 Å². The van der Waals surface area contributed by atoms with Gasteiger partial charge in [0.2, 0.25) is 5.91 Å². The summed E-state index contributed by atoms with van der Waals surface area (Å²) in [6.07, 6.45) is -1.89. The molecular formula is C14H20F3N3OS. The first-order valence-corrected chi connectivity index (χ1v) is 8.23. The van der Waals surface area contributed by atoms with E-state index in [1.54, 1.807) is 0 Å². The highest BCUT2D eigenvalue weighted by molar-refractivity contribution is 7.09. The maximum Gasteiger partial charge on any atom is 0.434 e. The maximum atomic E-state index is 12.4. The number of hydrogen-bond donors (Lipinski definition) is 2. The van der Waals surface area contributed by atoms with Crippen LogP contribution in [0.5, 0.6) is 0 Å². The molecule has 1 atom stereocenters. The van der Waals surface area contributed by atoms with Gasteiger partial charge in [-0.25, -0.2) is 4.98 Å². The van der Waals surface area contributed by atoms with E-state index >= 15 is 0 Å². The van der Waals surface area contributed by atoms with Crippen molar-refractivity contribution in [3.63, 3.8) is 0 Å². The van der Waals surface area contributed by atoms with E-state index in [9.17, 15) is 18.0 Å². The molecule has 22 heavy (non-hydrogen) atoms. The topological polar surface area (TPSA) is 54.0 Å². The molecule has 0 aromatic carbocycles. The smallest absolute Gasteiger partial charge is 0.350 e. The van der Waals surface area contributed by atoms with Crippen molar-refractivity contribution < 1.29 is 18.0 Å². The van der Waals surface area contributed by atoms with Crippen LogP contribution in [0.3, 0.4) is 0 Å². The van der Waals surface area contributed by atoms with E-state index in [1.165, 1.54) is 0 Å². The Labute approximate surface area is 131 Å². The summed E-state index contributed by atoms with van der Waals surface area (Å²) in [5.74, 6) is 0.683. The van der Waals surface area contributed by atoms with Crippen molar-refractivity contribution >= 4 is 17.2 Å². The number of rotatable bonds is 5. The molecule has 1 aromatic heterocycles. The number of thiazole rings is 1. The number of nitrogens with zero attached hydrogens (tertiary/aromatic N) is 1. The first-order chi connectivity index (χ1) is 10.4. The number of carbonyl (C=O) groups is 1. The molecule has 0 radical (unpaired) electrons. The molecule has 1 amide bonds. The first kappa shape index (κ1) is 17.2. The van der Waals surface area contributed by atoms with E-state index in [1.807, 2.05) is 0 Å². The van der Waals surface area contributed by atoms with Crippen LogP contribution in [0.2, 0.25) is 0 Å². The van der Waals surface area contributed by atoms with Gasteiger partial charge in [-0.3, -0.25) is 4.79 Å². The number of piperidine rings is 1. The molecule has 1 unspecified atom stereocenters. The molecule has 1 aliphatic rings. The van der Waals surface area contributed by atoms with Gasteiger partial charge in [-0.2, -0.15) is 13.2 Å². The van der Waals surface area contributed by atoms with E-state index in [2.05, 4.69) is 22.5 Å². The van der Waals surface area contributed by atoms with Gasteiger partial charge in [0, 0.05) is 11.8 Å². The van der Waals surface area contributed by atoms with Crippen LogP contribution in [-0.2, 0) is 17.5 Å². The molecular weight excluding hydrogens is 315 g/mol. The second-order valence-corrected chi connectivity index (χ2v) is 6.61. The predicted molar refractivity (Wildman–Crippen MR) is 78.3 cm³/mol. The summed E-state index contributed by atoms with van der Waals surface area (Å²) >= 11 is 0.911. The minimum atomic E-state index is -4.43. The van der Waals surface area contributed by atoms with Crippen LogP contribution >= 0.6 is 11.3 Å². The van der Waals surface area contributed by atoms with Crippen molar-refractivity contribution in [1.82, 2.24) is 15.6 Å². The molecule has 8 heteroatoms. The monoisotopic (exact) mass is 335 g/mol. The van der Waals surface area contributed by atoms with Gasteiger partial charge >= 0.3 is 6.18 Å². The van der Waals surface area contributed by atoms with Gasteiger partial charge in [-0.1, -0.05) is 6.92 Å². The van der Waals surface area contributed by atoms with Crippen molar-refractivity contribution in [3.05, 3.63) is 16.1 Å². The third kappa shape index (κ3) is 4.95. The molecule has 2 rings (SSSR count). The number of aromatic nitrogens is 1. The Balaban J connectivity index is 1.76. The lowest BCUT2D eigenvalue weighted by Gasteiger charge is -2.27. The van der Waals surface area contributed by atoms with Gasteiger partial charge in [-0.05, 0) is 37.8 Å². The molecule has 0 saturated carbocycles. The normalized spacial score (nSPS) is 18.2. The summed E-state index contributed by atoms with van der Waals surface area (Å²) in [4.78, 5) is 15.4. The van der Waals surface area contributed by atoms with Crippen molar-refractivity contribution in [3.8, 4) is 0 Å². The average Bonchev–Trinajstić information content (AvgIpc) is 2.95. The Kier molecular flexibility index (Phi) is 5.80. The maximum absolute atomic E-state index is 12.4. The molecule has 2 heterocycles. The zero-order valence-electron chi connectivity index (χ0n) is 12.4. The number of hydrogen-bond acceptors (Lipinski definition) is 4. The molecule has 0 spiro atoms. The zero-order valence-corrected chi connectivity index (χ0v) is 13.2. The highest BCUT2D eigenvalue weighted by Crippen LogP contribution is 2.30. The second-order valence-electron chi connectivity index (χ2n) is 5.67. The summed E-state index contributed by atoms with van der Waals surface area (Å²) < 4.78 is 37.3. The van der Waals surface area contributed by atoms with E-state index in [-0.39, 0.29) is 23.4 Å². The summed E-state index contributed by atoms with van der Waals surface area (Å²) in [5, 5.41) is 7.19.